The summed E-state index contributed by atoms with van der Waals surface area (Å²) in [6.45, 7) is 7.52. The Bertz CT molecular complexity index is 602. The topological polar surface area (TPSA) is 51.2 Å². The molecule has 3 heterocycles. The van der Waals surface area contributed by atoms with Gasteiger partial charge in [0.2, 0.25) is 6.10 Å². The van der Waals surface area contributed by atoms with Crippen LogP contribution >= 0.6 is 0 Å². The van der Waals surface area contributed by atoms with E-state index in [0.717, 1.165) is 39.4 Å². The van der Waals surface area contributed by atoms with Crippen LogP contribution in [0.15, 0.2) is 24.3 Å². The average Bonchev–Trinajstić information content (AvgIpc) is 3.03. The third-order valence-corrected chi connectivity index (χ3v) is 5.18. The van der Waals surface area contributed by atoms with Crippen LogP contribution < -0.4 is 9.47 Å². The third kappa shape index (κ3) is 2.96. The molecule has 0 N–H and O–H groups in total. The van der Waals surface area contributed by atoms with E-state index in [9.17, 15) is 4.79 Å². The lowest BCUT2D eigenvalue weighted by molar-refractivity contribution is -0.140. The van der Waals surface area contributed by atoms with E-state index < -0.39 is 6.10 Å². The molecule has 0 unspecified atom stereocenters. The molecule has 0 spiro atoms. The number of benzene rings is 1. The summed E-state index contributed by atoms with van der Waals surface area (Å²) in [5, 5.41) is 0. The molecule has 2 fully saturated rings. The van der Waals surface area contributed by atoms with Gasteiger partial charge in [0.15, 0.2) is 11.5 Å². The van der Waals surface area contributed by atoms with Gasteiger partial charge in [0.05, 0.1) is 13.2 Å². The highest BCUT2D eigenvalue weighted by Crippen LogP contribution is 2.32. The number of carbonyl (C=O) groups excluding carboxylic acids is 1. The van der Waals surface area contributed by atoms with Gasteiger partial charge in [0.25, 0.3) is 5.91 Å². The molecule has 130 valence electrons. The van der Waals surface area contributed by atoms with Crippen LogP contribution in [0.1, 0.15) is 6.92 Å². The van der Waals surface area contributed by atoms with Gasteiger partial charge in [-0.25, -0.2) is 0 Å². The highest BCUT2D eigenvalue weighted by Gasteiger charge is 2.40. The van der Waals surface area contributed by atoms with Gasteiger partial charge in [-0.15, -0.1) is 0 Å². The number of fused-ring (bicyclic) bond motifs is 1. The van der Waals surface area contributed by atoms with E-state index in [0.29, 0.717) is 23.5 Å². The molecule has 6 heteroatoms. The zero-order valence-electron chi connectivity index (χ0n) is 14.0. The van der Waals surface area contributed by atoms with Crippen molar-refractivity contribution in [3.8, 4) is 11.5 Å². The SMILES string of the molecule is C[C@@H]1CN(C(=O)[C@@H]2COc3ccccc3O2)C[C@@H]1N1CCOCC1. The lowest BCUT2D eigenvalue weighted by Crippen LogP contribution is -2.49. The Hall–Kier alpha value is -1.79. The van der Waals surface area contributed by atoms with Crippen molar-refractivity contribution in [2.75, 3.05) is 46.0 Å². The minimum absolute atomic E-state index is 0.0344. The second kappa shape index (κ2) is 6.61. The zero-order valence-corrected chi connectivity index (χ0v) is 14.0. The molecule has 6 nitrogen and oxygen atoms in total. The number of likely N-dealkylation sites (tertiary alicyclic amines) is 1. The van der Waals surface area contributed by atoms with Gasteiger partial charge in [-0.05, 0) is 18.1 Å². The normalized spacial score (nSPS) is 30.4. The molecule has 1 amide bonds. The van der Waals surface area contributed by atoms with E-state index in [1.54, 1.807) is 0 Å². The summed E-state index contributed by atoms with van der Waals surface area (Å²) >= 11 is 0. The summed E-state index contributed by atoms with van der Waals surface area (Å²) in [5.41, 5.74) is 0. The van der Waals surface area contributed by atoms with E-state index in [4.69, 9.17) is 14.2 Å². The highest BCUT2D eigenvalue weighted by molar-refractivity contribution is 5.82. The van der Waals surface area contributed by atoms with Crippen molar-refractivity contribution in [2.45, 2.75) is 19.1 Å². The van der Waals surface area contributed by atoms with Crippen molar-refractivity contribution in [1.82, 2.24) is 9.80 Å². The van der Waals surface area contributed by atoms with Crippen molar-refractivity contribution in [1.29, 1.82) is 0 Å². The summed E-state index contributed by atoms with van der Waals surface area (Å²) < 4.78 is 17.0. The van der Waals surface area contributed by atoms with Crippen molar-refractivity contribution in [3.05, 3.63) is 24.3 Å². The van der Waals surface area contributed by atoms with Gasteiger partial charge < -0.3 is 19.1 Å². The van der Waals surface area contributed by atoms with Crippen LogP contribution in [-0.4, -0.2) is 73.9 Å². The first-order valence-electron chi connectivity index (χ1n) is 8.71. The van der Waals surface area contributed by atoms with Crippen LogP contribution in [0.2, 0.25) is 0 Å². The largest absolute Gasteiger partial charge is 0.485 e. The van der Waals surface area contributed by atoms with Gasteiger partial charge in [-0.2, -0.15) is 0 Å². The second-order valence-corrected chi connectivity index (χ2v) is 6.80. The summed E-state index contributed by atoms with van der Waals surface area (Å²) in [5.74, 6) is 1.86. The first-order valence-corrected chi connectivity index (χ1v) is 8.71. The van der Waals surface area contributed by atoms with Crippen LogP contribution in [0.3, 0.4) is 0 Å². The molecule has 0 aromatic heterocycles. The fourth-order valence-electron chi connectivity index (χ4n) is 3.86. The molecule has 1 aromatic carbocycles. The van der Waals surface area contributed by atoms with Crippen molar-refractivity contribution >= 4 is 5.91 Å². The highest BCUT2D eigenvalue weighted by atomic mass is 16.6. The quantitative estimate of drug-likeness (QED) is 0.809. The molecular formula is C18H24N2O4. The number of morpholine rings is 1. The van der Waals surface area contributed by atoms with Gasteiger partial charge in [-0.1, -0.05) is 19.1 Å². The summed E-state index contributed by atoms with van der Waals surface area (Å²) in [6, 6.07) is 7.91. The maximum absolute atomic E-state index is 12.9. The third-order valence-electron chi connectivity index (χ3n) is 5.18. The van der Waals surface area contributed by atoms with E-state index in [2.05, 4.69) is 11.8 Å². The molecule has 4 rings (SSSR count). The van der Waals surface area contributed by atoms with Crippen molar-refractivity contribution in [3.63, 3.8) is 0 Å². The summed E-state index contributed by atoms with van der Waals surface area (Å²) in [7, 11) is 0. The molecule has 1 aromatic rings. The predicted octanol–water partition coefficient (Wildman–Crippen LogP) is 1.01. The van der Waals surface area contributed by atoms with Gasteiger partial charge in [-0.3, -0.25) is 9.69 Å². The number of nitrogens with zero attached hydrogens (tertiary/aromatic N) is 2. The Morgan fingerprint density at radius 2 is 1.88 bits per heavy atom. The number of carbonyl (C=O) groups is 1. The standard InChI is InChI=1S/C18H24N2O4/c1-13-10-20(11-14(13)19-6-8-22-9-7-19)18(21)17-12-23-15-4-2-3-5-16(15)24-17/h2-5,13-14,17H,6-12H2,1H3/t13-,14+,17+/m1/s1. The van der Waals surface area contributed by atoms with E-state index in [-0.39, 0.29) is 12.5 Å². The minimum Gasteiger partial charge on any atom is -0.485 e. The first-order chi connectivity index (χ1) is 11.7. The molecule has 2 saturated heterocycles. The van der Waals surface area contributed by atoms with E-state index >= 15 is 0 Å². The zero-order chi connectivity index (χ0) is 16.5. The van der Waals surface area contributed by atoms with Gasteiger partial charge in [0.1, 0.15) is 6.61 Å². The predicted molar refractivity (Wildman–Crippen MR) is 88.3 cm³/mol. The molecule has 3 atom stereocenters. The van der Waals surface area contributed by atoms with Crippen LogP contribution in [0, 0.1) is 5.92 Å². The molecule has 3 aliphatic heterocycles. The molecule has 3 aliphatic rings. The van der Waals surface area contributed by atoms with Crippen LogP contribution in [-0.2, 0) is 9.53 Å². The lowest BCUT2D eigenvalue weighted by Gasteiger charge is -2.34. The number of hydrogen-bond acceptors (Lipinski definition) is 5. The van der Waals surface area contributed by atoms with E-state index in [1.165, 1.54) is 0 Å². The van der Waals surface area contributed by atoms with E-state index in [1.807, 2.05) is 29.2 Å². The number of para-hydroxylation sites is 2. The van der Waals surface area contributed by atoms with Gasteiger partial charge >= 0.3 is 0 Å². The number of hydrogen-bond donors (Lipinski definition) is 0. The van der Waals surface area contributed by atoms with Crippen LogP contribution in [0.5, 0.6) is 11.5 Å². The fourth-order valence-corrected chi connectivity index (χ4v) is 3.86. The summed E-state index contributed by atoms with van der Waals surface area (Å²) in [6.07, 6.45) is -0.546. The smallest absolute Gasteiger partial charge is 0.267 e. The Labute approximate surface area is 142 Å². The van der Waals surface area contributed by atoms with Gasteiger partial charge in [0, 0.05) is 32.2 Å². The number of ether oxygens (including phenoxy) is 3. The number of amides is 1. The fraction of sp³-hybridized carbons (Fsp3) is 0.611. The Morgan fingerprint density at radius 3 is 2.67 bits per heavy atom. The minimum atomic E-state index is -0.546. The average molecular weight is 332 g/mol. The molecular weight excluding hydrogens is 308 g/mol. The molecule has 24 heavy (non-hydrogen) atoms. The van der Waals surface area contributed by atoms with Crippen LogP contribution in [0.4, 0.5) is 0 Å². The Balaban J connectivity index is 1.40. The maximum atomic E-state index is 12.9. The molecule has 0 bridgehead atoms. The molecule has 0 saturated carbocycles. The van der Waals surface area contributed by atoms with Crippen molar-refractivity contribution in [2.24, 2.45) is 5.92 Å². The van der Waals surface area contributed by atoms with Crippen molar-refractivity contribution < 1.29 is 19.0 Å². The lowest BCUT2D eigenvalue weighted by atomic mass is 10.0. The molecule has 0 aliphatic carbocycles. The summed E-state index contributed by atoms with van der Waals surface area (Å²) in [4.78, 5) is 17.3. The monoisotopic (exact) mass is 332 g/mol. The second-order valence-electron chi connectivity index (χ2n) is 6.80. The maximum Gasteiger partial charge on any atom is 0.267 e. The Kier molecular flexibility index (Phi) is 4.33. The Morgan fingerprint density at radius 1 is 1.12 bits per heavy atom. The first kappa shape index (κ1) is 15.7. The van der Waals surface area contributed by atoms with Crippen LogP contribution in [0.25, 0.3) is 0 Å². The molecule has 0 radical (unpaired) electrons. The number of rotatable bonds is 2.